The van der Waals surface area contributed by atoms with E-state index < -0.39 is 5.91 Å². The molecule has 5 nitrogen and oxygen atoms in total. The Kier molecular flexibility index (Phi) is 3.61. The molecule has 0 radical (unpaired) electrons. The van der Waals surface area contributed by atoms with E-state index in [1.165, 1.54) is 0 Å². The van der Waals surface area contributed by atoms with E-state index in [9.17, 15) is 4.79 Å². The number of aromatic nitrogens is 1. The lowest BCUT2D eigenvalue weighted by Gasteiger charge is -2.20. The van der Waals surface area contributed by atoms with Gasteiger partial charge in [0.1, 0.15) is 11.7 Å². The first-order valence-corrected chi connectivity index (χ1v) is 7.38. The molecule has 2 unspecified atom stereocenters. The standard InChI is InChI=1S/C15H21N3O2/c16-10-5-6-11(8-10)20-15-12(14(17)19)7-9-3-1-2-4-13(9)18-15/h7,10-11H,1-6,8,16H2,(H2,17,19). The number of fused-ring (bicyclic) bond motifs is 1. The van der Waals surface area contributed by atoms with E-state index in [0.717, 1.165) is 56.2 Å². The number of primary amides is 1. The Bertz CT molecular complexity index is 530. The minimum Gasteiger partial charge on any atom is -0.474 e. The van der Waals surface area contributed by atoms with Gasteiger partial charge in [-0.25, -0.2) is 4.98 Å². The number of hydrogen-bond donors (Lipinski definition) is 2. The normalized spacial score (nSPS) is 25.2. The molecule has 1 fully saturated rings. The molecule has 2 aliphatic carbocycles. The molecule has 0 spiro atoms. The molecule has 20 heavy (non-hydrogen) atoms. The predicted molar refractivity (Wildman–Crippen MR) is 75.6 cm³/mol. The maximum absolute atomic E-state index is 11.6. The lowest BCUT2D eigenvalue weighted by atomic mass is 9.95. The number of hydrogen-bond acceptors (Lipinski definition) is 4. The Balaban J connectivity index is 1.89. The van der Waals surface area contributed by atoms with Crippen molar-refractivity contribution in [3.05, 3.63) is 22.9 Å². The molecule has 5 heteroatoms. The first kappa shape index (κ1) is 13.4. The monoisotopic (exact) mass is 275 g/mol. The van der Waals surface area contributed by atoms with Gasteiger partial charge in [0, 0.05) is 11.7 Å². The quantitative estimate of drug-likeness (QED) is 0.870. The van der Waals surface area contributed by atoms with E-state index in [4.69, 9.17) is 16.2 Å². The highest BCUT2D eigenvalue weighted by Gasteiger charge is 2.26. The van der Waals surface area contributed by atoms with Crippen LogP contribution in [0.1, 0.15) is 53.7 Å². The Hall–Kier alpha value is -1.62. The maximum Gasteiger partial charge on any atom is 0.254 e. The van der Waals surface area contributed by atoms with Crippen LogP contribution in [0.15, 0.2) is 6.07 Å². The Morgan fingerprint density at radius 3 is 2.80 bits per heavy atom. The van der Waals surface area contributed by atoms with Crippen molar-refractivity contribution in [2.45, 2.75) is 57.1 Å². The second-order valence-corrected chi connectivity index (χ2v) is 5.83. The van der Waals surface area contributed by atoms with Gasteiger partial charge in [0.25, 0.3) is 5.91 Å². The Morgan fingerprint density at radius 2 is 2.10 bits per heavy atom. The minimum absolute atomic E-state index is 0.0530. The molecule has 1 aromatic rings. The van der Waals surface area contributed by atoms with Gasteiger partial charge in [-0.15, -0.1) is 0 Å². The number of nitrogens with two attached hydrogens (primary N) is 2. The topological polar surface area (TPSA) is 91.2 Å². The van der Waals surface area contributed by atoms with Gasteiger partial charge in [0.15, 0.2) is 0 Å². The summed E-state index contributed by atoms with van der Waals surface area (Å²) in [7, 11) is 0. The van der Waals surface area contributed by atoms with E-state index in [1.807, 2.05) is 6.07 Å². The van der Waals surface area contributed by atoms with Crippen LogP contribution in [0.5, 0.6) is 5.88 Å². The molecular formula is C15H21N3O2. The summed E-state index contributed by atoms with van der Waals surface area (Å²) < 4.78 is 5.91. The minimum atomic E-state index is -0.469. The summed E-state index contributed by atoms with van der Waals surface area (Å²) in [5.74, 6) is -0.0691. The molecule has 2 aliphatic rings. The van der Waals surface area contributed by atoms with Gasteiger partial charge in [0.2, 0.25) is 5.88 Å². The van der Waals surface area contributed by atoms with E-state index in [0.29, 0.717) is 11.4 Å². The van der Waals surface area contributed by atoms with Crippen LogP contribution in [-0.4, -0.2) is 23.0 Å². The molecule has 1 aromatic heterocycles. The van der Waals surface area contributed by atoms with Crippen LogP contribution in [0.2, 0.25) is 0 Å². The number of pyridine rings is 1. The van der Waals surface area contributed by atoms with Gasteiger partial charge in [-0.05, 0) is 56.6 Å². The summed E-state index contributed by atoms with van der Waals surface area (Å²) in [5.41, 5.74) is 14.0. The number of ether oxygens (including phenoxy) is 1. The van der Waals surface area contributed by atoms with Crippen LogP contribution in [0.4, 0.5) is 0 Å². The molecule has 1 heterocycles. The molecule has 0 bridgehead atoms. The zero-order valence-corrected chi connectivity index (χ0v) is 11.6. The maximum atomic E-state index is 11.6. The fourth-order valence-corrected chi connectivity index (χ4v) is 3.12. The summed E-state index contributed by atoms with van der Waals surface area (Å²) in [5, 5.41) is 0. The SMILES string of the molecule is NC(=O)c1cc2c(nc1OC1CCC(N)C1)CCCC2. The third-order valence-corrected chi connectivity index (χ3v) is 4.23. The number of carbonyl (C=O) groups is 1. The third-order valence-electron chi connectivity index (χ3n) is 4.23. The predicted octanol–water partition coefficient (Wildman–Crippen LogP) is 1.32. The van der Waals surface area contributed by atoms with Crippen LogP contribution in [0, 0.1) is 0 Å². The average Bonchev–Trinajstić information content (AvgIpc) is 2.83. The van der Waals surface area contributed by atoms with E-state index in [-0.39, 0.29) is 12.1 Å². The lowest BCUT2D eigenvalue weighted by molar-refractivity contribution is 0.0991. The van der Waals surface area contributed by atoms with Crippen molar-refractivity contribution < 1.29 is 9.53 Å². The van der Waals surface area contributed by atoms with Crippen molar-refractivity contribution >= 4 is 5.91 Å². The first-order valence-electron chi connectivity index (χ1n) is 7.38. The summed E-state index contributed by atoms with van der Waals surface area (Å²) in [6.07, 6.45) is 6.95. The molecule has 0 aliphatic heterocycles. The van der Waals surface area contributed by atoms with Crippen molar-refractivity contribution in [2.24, 2.45) is 11.5 Å². The summed E-state index contributed by atoms with van der Waals surface area (Å²) >= 11 is 0. The molecule has 3 rings (SSSR count). The molecule has 1 saturated carbocycles. The van der Waals surface area contributed by atoms with Crippen LogP contribution >= 0.6 is 0 Å². The molecule has 108 valence electrons. The van der Waals surface area contributed by atoms with Crippen molar-refractivity contribution in [1.29, 1.82) is 0 Å². The van der Waals surface area contributed by atoms with Crippen molar-refractivity contribution in [3.8, 4) is 5.88 Å². The van der Waals surface area contributed by atoms with Crippen molar-refractivity contribution in [3.63, 3.8) is 0 Å². The second-order valence-electron chi connectivity index (χ2n) is 5.83. The summed E-state index contributed by atoms with van der Waals surface area (Å²) in [6, 6.07) is 2.06. The molecule has 0 saturated heterocycles. The summed E-state index contributed by atoms with van der Waals surface area (Å²) in [4.78, 5) is 16.2. The highest BCUT2D eigenvalue weighted by Crippen LogP contribution is 2.29. The highest BCUT2D eigenvalue weighted by atomic mass is 16.5. The van der Waals surface area contributed by atoms with Crippen LogP contribution < -0.4 is 16.2 Å². The van der Waals surface area contributed by atoms with E-state index in [1.54, 1.807) is 0 Å². The zero-order valence-electron chi connectivity index (χ0n) is 11.6. The molecule has 4 N–H and O–H groups in total. The van der Waals surface area contributed by atoms with Crippen LogP contribution in [0.25, 0.3) is 0 Å². The molecule has 2 atom stereocenters. The summed E-state index contributed by atoms with van der Waals surface area (Å²) in [6.45, 7) is 0. The largest absolute Gasteiger partial charge is 0.474 e. The molecule has 0 aromatic carbocycles. The Morgan fingerprint density at radius 1 is 1.30 bits per heavy atom. The number of amides is 1. The van der Waals surface area contributed by atoms with E-state index in [2.05, 4.69) is 4.98 Å². The molecule has 1 amide bonds. The number of nitrogens with zero attached hydrogens (tertiary/aromatic N) is 1. The van der Waals surface area contributed by atoms with Gasteiger partial charge < -0.3 is 16.2 Å². The fourth-order valence-electron chi connectivity index (χ4n) is 3.12. The smallest absolute Gasteiger partial charge is 0.254 e. The van der Waals surface area contributed by atoms with Gasteiger partial charge >= 0.3 is 0 Å². The lowest BCUT2D eigenvalue weighted by Crippen LogP contribution is -2.22. The second kappa shape index (κ2) is 5.40. The van der Waals surface area contributed by atoms with Crippen LogP contribution in [-0.2, 0) is 12.8 Å². The third kappa shape index (κ3) is 2.63. The van der Waals surface area contributed by atoms with Crippen molar-refractivity contribution in [1.82, 2.24) is 4.98 Å². The zero-order chi connectivity index (χ0) is 14.1. The number of carbonyl (C=O) groups excluding carboxylic acids is 1. The number of aryl methyl sites for hydroxylation is 2. The molecular weight excluding hydrogens is 254 g/mol. The Labute approximate surface area is 118 Å². The van der Waals surface area contributed by atoms with Crippen LogP contribution in [0.3, 0.4) is 0 Å². The van der Waals surface area contributed by atoms with Crippen molar-refractivity contribution in [2.75, 3.05) is 0 Å². The first-order chi connectivity index (χ1) is 9.63. The van der Waals surface area contributed by atoms with E-state index >= 15 is 0 Å². The average molecular weight is 275 g/mol. The van der Waals surface area contributed by atoms with Gasteiger partial charge in [0.05, 0.1) is 0 Å². The van der Waals surface area contributed by atoms with Gasteiger partial charge in [-0.1, -0.05) is 0 Å². The number of rotatable bonds is 3. The van der Waals surface area contributed by atoms with Gasteiger partial charge in [-0.3, -0.25) is 4.79 Å². The fraction of sp³-hybridized carbons (Fsp3) is 0.600. The highest BCUT2D eigenvalue weighted by molar-refractivity contribution is 5.95. The van der Waals surface area contributed by atoms with Gasteiger partial charge in [-0.2, -0.15) is 0 Å².